The van der Waals surface area contributed by atoms with E-state index in [-0.39, 0.29) is 26.2 Å². The molecule has 2 aromatic carbocycles. The Kier molecular flexibility index (Phi) is 4.79. The summed E-state index contributed by atoms with van der Waals surface area (Å²) in [5, 5.41) is 9.28. The molecule has 108 valence electrons. The van der Waals surface area contributed by atoms with Crippen molar-refractivity contribution in [3.8, 4) is 6.07 Å². The second-order valence-corrected chi connectivity index (χ2v) is 7.34. The van der Waals surface area contributed by atoms with Crippen molar-refractivity contribution >= 4 is 54.8 Å². The number of hydrogen-bond acceptors (Lipinski definition) is 3. The maximum atomic E-state index is 12.4. The first-order valence-electron chi connectivity index (χ1n) is 5.51. The smallest absolute Gasteiger partial charge is 0.263 e. The maximum absolute atomic E-state index is 12.4. The fourth-order valence-corrected chi connectivity index (χ4v) is 4.30. The van der Waals surface area contributed by atoms with Crippen LogP contribution in [-0.2, 0) is 10.0 Å². The Morgan fingerprint density at radius 1 is 1.14 bits per heavy atom. The SMILES string of the molecule is N#Cc1ccccc1S(=O)(=O)Nc1c(Cl)cc(Br)cc1Cl. The minimum Gasteiger partial charge on any atom is -0.277 e. The Balaban J connectivity index is 2.51. The molecular weight excluding hydrogens is 399 g/mol. The van der Waals surface area contributed by atoms with Crippen molar-refractivity contribution in [1.29, 1.82) is 5.26 Å². The van der Waals surface area contributed by atoms with E-state index in [4.69, 9.17) is 28.5 Å². The molecule has 1 N–H and O–H groups in total. The minimum absolute atomic E-state index is 0.0364. The molecule has 0 bridgehead atoms. The van der Waals surface area contributed by atoms with E-state index in [1.807, 2.05) is 6.07 Å². The normalized spacial score (nSPS) is 11.0. The van der Waals surface area contributed by atoms with Crippen molar-refractivity contribution in [2.24, 2.45) is 0 Å². The van der Waals surface area contributed by atoms with Crippen LogP contribution in [0.25, 0.3) is 0 Å². The molecule has 0 unspecified atom stereocenters. The van der Waals surface area contributed by atoms with E-state index in [0.717, 1.165) is 0 Å². The topological polar surface area (TPSA) is 70.0 Å². The molecule has 2 aromatic rings. The molecule has 0 radical (unpaired) electrons. The second-order valence-electron chi connectivity index (χ2n) is 3.96. The predicted octanol–water partition coefficient (Wildman–Crippen LogP) is 4.43. The molecule has 21 heavy (non-hydrogen) atoms. The molecule has 0 aliphatic heterocycles. The molecule has 0 amide bonds. The molecule has 0 spiro atoms. The van der Waals surface area contributed by atoms with Gasteiger partial charge in [-0.25, -0.2) is 8.42 Å². The Morgan fingerprint density at radius 3 is 2.29 bits per heavy atom. The van der Waals surface area contributed by atoms with Crippen molar-refractivity contribution < 1.29 is 8.42 Å². The average molecular weight is 406 g/mol. The van der Waals surface area contributed by atoms with Gasteiger partial charge in [-0.05, 0) is 24.3 Å². The van der Waals surface area contributed by atoms with Crippen LogP contribution >= 0.6 is 39.1 Å². The van der Waals surface area contributed by atoms with Crippen molar-refractivity contribution in [3.63, 3.8) is 0 Å². The molecular formula is C13H7BrCl2N2O2S. The van der Waals surface area contributed by atoms with Gasteiger partial charge in [0, 0.05) is 4.47 Å². The van der Waals surface area contributed by atoms with E-state index < -0.39 is 10.0 Å². The zero-order chi connectivity index (χ0) is 15.6. The fraction of sp³-hybridized carbons (Fsp3) is 0. The Labute approximate surface area is 140 Å². The van der Waals surface area contributed by atoms with Crippen molar-refractivity contribution in [2.75, 3.05) is 4.72 Å². The summed E-state index contributed by atoms with van der Waals surface area (Å²) in [5.41, 5.74) is 0.101. The predicted molar refractivity (Wildman–Crippen MR) is 86.1 cm³/mol. The van der Waals surface area contributed by atoms with Gasteiger partial charge in [-0.15, -0.1) is 0 Å². The summed E-state index contributed by atoms with van der Waals surface area (Å²) < 4.78 is 27.7. The number of rotatable bonds is 3. The van der Waals surface area contributed by atoms with Crippen LogP contribution in [0.4, 0.5) is 5.69 Å². The van der Waals surface area contributed by atoms with Gasteiger partial charge in [0.1, 0.15) is 11.0 Å². The summed E-state index contributed by atoms with van der Waals surface area (Å²) in [7, 11) is -3.97. The van der Waals surface area contributed by atoms with Gasteiger partial charge in [0.05, 0.1) is 21.3 Å². The maximum Gasteiger partial charge on any atom is 0.263 e. The fourth-order valence-electron chi connectivity index (χ4n) is 1.62. The number of nitriles is 1. The summed E-state index contributed by atoms with van der Waals surface area (Å²) in [6.07, 6.45) is 0. The molecule has 4 nitrogen and oxygen atoms in total. The van der Waals surface area contributed by atoms with E-state index in [2.05, 4.69) is 20.7 Å². The quantitative estimate of drug-likeness (QED) is 0.820. The van der Waals surface area contributed by atoms with E-state index in [1.54, 1.807) is 6.07 Å². The highest BCUT2D eigenvalue weighted by atomic mass is 79.9. The van der Waals surface area contributed by atoms with Gasteiger partial charge in [0.15, 0.2) is 0 Å². The number of nitrogens with zero attached hydrogens (tertiary/aromatic N) is 1. The first kappa shape index (κ1) is 16.1. The summed E-state index contributed by atoms with van der Waals surface area (Å²) in [5.74, 6) is 0. The molecule has 0 saturated heterocycles. The zero-order valence-corrected chi connectivity index (χ0v) is 14.2. The number of hydrogen-bond donors (Lipinski definition) is 1. The van der Waals surface area contributed by atoms with Crippen LogP contribution in [0.3, 0.4) is 0 Å². The third kappa shape index (κ3) is 3.50. The van der Waals surface area contributed by atoms with E-state index in [9.17, 15) is 8.42 Å². The van der Waals surface area contributed by atoms with E-state index in [0.29, 0.717) is 4.47 Å². The molecule has 0 aromatic heterocycles. The lowest BCUT2D eigenvalue weighted by molar-refractivity contribution is 0.601. The third-order valence-electron chi connectivity index (χ3n) is 2.54. The highest BCUT2D eigenvalue weighted by Crippen LogP contribution is 2.35. The molecule has 8 heteroatoms. The molecule has 0 aliphatic carbocycles. The molecule has 0 aliphatic rings. The Bertz CT molecular complexity index is 824. The number of sulfonamides is 1. The van der Waals surface area contributed by atoms with Crippen LogP contribution in [0, 0.1) is 11.3 Å². The van der Waals surface area contributed by atoms with Crippen LogP contribution in [0.2, 0.25) is 10.0 Å². The largest absolute Gasteiger partial charge is 0.277 e. The number of benzene rings is 2. The van der Waals surface area contributed by atoms with Crippen LogP contribution in [0.1, 0.15) is 5.56 Å². The minimum atomic E-state index is -3.97. The van der Waals surface area contributed by atoms with Crippen molar-refractivity contribution in [1.82, 2.24) is 0 Å². The lowest BCUT2D eigenvalue weighted by Crippen LogP contribution is -2.15. The van der Waals surface area contributed by atoms with Crippen LogP contribution in [0.5, 0.6) is 0 Å². The first-order valence-corrected chi connectivity index (χ1v) is 8.55. The van der Waals surface area contributed by atoms with Crippen molar-refractivity contribution in [2.45, 2.75) is 4.90 Å². The van der Waals surface area contributed by atoms with Crippen LogP contribution in [0.15, 0.2) is 45.8 Å². The Morgan fingerprint density at radius 2 is 1.71 bits per heavy atom. The highest BCUT2D eigenvalue weighted by molar-refractivity contribution is 9.10. The van der Waals surface area contributed by atoms with Gasteiger partial charge >= 0.3 is 0 Å². The zero-order valence-electron chi connectivity index (χ0n) is 10.3. The molecule has 2 rings (SSSR count). The van der Waals surface area contributed by atoms with Gasteiger partial charge in [0.2, 0.25) is 0 Å². The lowest BCUT2D eigenvalue weighted by Gasteiger charge is -2.12. The Hall–Kier alpha value is -1.26. The van der Waals surface area contributed by atoms with Gasteiger partial charge in [-0.3, -0.25) is 4.72 Å². The monoisotopic (exact) mass is 404 g/mol. The number of nitrogens with one attached hydrogen (secondary N) is 1. The molecule has 0 heterocycles. The van der Waals surface area contributed by atoms with E-state index in [1.165, 1.54) is 30.3 Å². The van der Waals surface area contributed by atoms with Crippen LogP contribution in [-0.4, -0.2) is 8.42 Å². The molecule has 0 atom stereocenters. The van der Waals surface area contributed by atoms with Gasteiger partial charge in [-0.1, -0.05) is 51.3 Å². The van der Waals surface area contributed by atoms with Crippen molar-refractivity contribution in [3.05, 3.63) is 56.5 Å². The number of halogens is 3. The van der Waals surface area contributed by atoms with Crippen LogP contribution < -0.4 is 4.72 Å². The third-order valence-corrected chi connectivity index (χ3v) is 5.00. The summed E-state index contributed by atoms with van der Waals surface area (Å²) in [6.45, 7) is 0. The summed E-state index contributed by atoms with van der Waals surface area (Å²) in [6, 6.07) is 10.7. The number of anilines is 1. The second kappa shape index (κ2) is 6.24. The van der Waals surface area contributed by atoms with Gasteiger partial charge in [0.25, 0.3) is 10.0 Å². The standard InChI is InChI=1S/C13H7BrCl2N2O2S/c14-9-5-10(15)13(11(16)6-9)18-21(19,20)12-4-2-1-3-8(12)7-17/h1-6,18H. The van der Waals surface area contributed by atoms with E-state index >= 15 is 0 Å². The summed E-state index contributed by atoms with van der Waals surface area (Å²) in [4.78, 5) is -0.137. The van der Waals surface area contributed by atoms with Gasteiger partial charge in [-0.2, -0.15) is 5.26 Å². The lowest BCUT2D eigenvalue weighted by atomic mass is 10.2. The average Bonchev–Trinajstić information content (AvgIpc) is 2.43. The molecule has 0 fully saturated rings. The summed E-state index contributed by atoms with van der Waals surface area (Å²) >= 11 is 15.2. The molecule has 0 saturated carbocycles. The van der Waals surface area contributed by atoms with Gasteiger partial charge < -0.3 is 0 Å². The first-order chi connectivity index (χ1) is 9.85. The highest BCUT2D eigenvalue weighted by Gasteiger charge is 2.21.